The number of hydrogen-bond acceptors (Lipinski definition) is 6. The largest absolute Gasteiger partial charge is 0.489 e. The summed E-state index contributed by atoms with van der Waals surface area (Å²) in [5, 5.41) is 12.9. The summed E-state index contributed by atoms with van der Waals surface area (Å²) in [6.45, 7) is 2.56. The van der Waals surface area contributed by atoms with E-state index >= 15 is 0 Å². The van der Waals surface area contributed by atoms with E-state index in [4.69, 9.17) is 16.3 Å². The molecule has 0 radical (unpaired) electrons. The number of nitrogens with zero attached hydrogens (tertiary/aromatic N) is 1. The fourth-order valence-corrected chi connectivity index (χ4v) is 5.62. The van der Waals surface area contributed by atoms with Crippen molar-refractivity contribution in [2.24, 2.45) is 0 Å². The highest BCUT2D eigenvalue weighted by Gasteiger charge is 2.19. The molecule has 1 amide bonds. The number of carbonyl (C=O) groups is 1. The first-order valence-electron chi connectivity index (χ1n) is 11.8. The Bertz CT molecular complexity index is 1400. The maximum atomic E-state index is 12.8. The van der Waals surface area contributed by atoms with E-state index in [1.54, 1.807) is 6.07 Å². The lowest BCUT2D eigenvalue weighted by Gasteiger charge is -2.30. The van der Waals surface area contributed by atoms with Gasteiger partial charge in [-0.2, -0.15) is 0 Å². The Morgan fingerprint density at radius 2 is 2.00 bits per heavy atom. The van der Waals surface area contributed by atoms with Crippen LogP contribution in [0.25, 0.3) is 0 Å². The van der Waals surface area contributed by atoms with Crippen LogP contribution in [0.5, 0.6) is 5.75 Å². The smallest absolute Gasteiger partial charge is 0.257 e. The Kier molecular flexibility index (Phi) is 8.92. The van der Waals surface area contributed by atoms with Crippen LogP contribution in [-0.2, 0) is 23.0 Å². The predicted octanol–water partition coefficient (Wildman–Crippen LogP) is 5.29. The summed E-state index contributed by atoms with van der Waals surface area (Å²) in [6, 6.07) is 17.2. The summed E-state index contributed by atoms with van der Waals surface area (Å²) in [7, 11) is -3.42. The average Bonchev–Trinajstić information content (AvgIpc) is 2.83. The standard InChI is InChI=1S/C27H28BrClN2O5S/c1-37(34,35)23-8-9-24(25(29)14-23)27(33)30-21-5-2-4-18(12-21)17-36-26-10-7-20(28)13-19(26)15-31-11-3-6-22(32)16-31/h2,4-5,7-10,12-14,22,32H,3,6,11,15-17H2,1H3,(H,30,33)/t22-/m0/s1. The highest BCUT2D eigenvalue weighted by Crippen LogP contribution is 2.27. The van der Waals surface area contributed by atoms with Crippen LogP contribution in [0.2, 0.25) is 5.02 Å². The molecule has 3 aromatic rings. The second-order valence-electron chi connectivity index (χ2n) is 9.14. The third-order valence-electron chi connectivity index (χ3n) is 6.09. The molecule has 0 aromatic heterocycles. The molecular weight excluding hydrogens is 580 g/mol. The van der Waals surface area contributed by atoms with Crippen LogP contribution in [0.1, 0.15) is 34.3 Å². The second-order valence-corrected chi connectivity index (χ2v) is 12.5. The van der Waals surface area contributed by atoms with Crippen LogP contribution in [0.15, 0.2) is 70.0 Å². The van der Waals surface area contributed by atoms with E-state index in [2.05, 4.69) is 26.1 Å². The Morgan fingerprint density at radius 3 is 2.73 bits per heavy atom. The number of halogens is 2. The van der Waals surface area contributed by atoms with Gasteiger partial charge in [0.15, 0.2) is 9.84 Å². The number of amides is 1. The van der Waals surface area contributed by atoms with Gasteiger partial charge in [-0.15, -0.1) is 0 Å². The van der Waals surface area contributed by atoms with Gasteiger partial charge in [0, 0.05) is 35.1 Å². The first kappa shape index (κ1) is 27.6. The van der Waals surface area contributed by atoms with E-state index in [0.717, 1.165) is 47.0 Å². The summed E-state index contributed by atoms with van der Waals surface area (Å²) in [5.41, 5.74) is 2.63. The number of sulfone groups is 1. The van der Waals surface area contributed by atoms with Crippen molar-refractivity contribution in [3.8, 4) is 5.75 Å². The van der Waals surface area contributed by atoms with E-state index in [-0.39, 0.29) is 21.6 Å². The lowest BCUT2D eigenvalue weighted by Crippen LogP contribution is -2.37. The van der Waals surface area contributed by atoms with Crippen LogP contribution < -0.4 is 10.1 Å². The van der Waals surface area contributed by atoms with Gasteiger partial charge in [-0.1, -0.05) is 39.7 Å². The van der Waals surface area contributed by atoms with Gasteiger partial charge < -0.3 is 15.2 Å². The van der Waals surface area contributed by atoms with Gasteiger partial charge in [0.1, 0.15) is 12.4 Å². The van der Waals surface area contributed by atoms with E-state index < -0.39 is 15.7 Å². The van der Waals surface area contributed by atoms with Crippen molar-refractivity contribution < 1.29 is 23.1 Å². The van der Waals surface area contributed by atoms with Crippen LogP contribution in [-0.4, -0.2) is 49.8 Å². The van der Waals surface area contributed by atoms with Gasteiger partial charge in [0.05, 0.1) is 21.6 Å². The van der Waals surface area contributed by atoms with Gasteiger partial charge >= 0.3 is 0 Å². The maximum absolute atomic E-state index is 12.8. The highest BCUT2D eigenvalue weighted by atomic mass is 79.9. The number of benzene rings is 3. The molecule has 0 aliphatic carbocycles. The quantitative estimate of drug-likeness (QED) is 0.361. The summed E-state index contributed by atoms with van der Waals surface area (Å²) >= 11 is 9.72. The first-order chi connectivity index (χ1) is 17.6. The zero-order chi connectivity index (χ0) is 26.6. The third kappa shape index (κ3) is 7.55. The Balaban J connectivity index is 1.43. The Labute approximate surface area is 230 Å². The number of aliphatic hydroxyl groups is 1. The van der Waals surface area contributed by atoms with Crippen molar-refractivity contribution in [2.45, 2.75) is 37.0 Å². The molecule has 1 aliphatic heterocycles. The van der Waals surface area contributed by atoms with Gasteiger partial charge in [-0.3, -0.25) is 9.69 Å². The number of hydrogen-bond donors (Lipinski definition) is 2. The molecule has 1 saturated heterocycles. The summed E-state index contributed by atoms with van der Waals surface area (Å²) in [4.78, 5) is 15.1. The fourth-order valence-electron chi connectivity index (χ4n) is 4.24. The Morgan fingerprint density at radius 1 is 1.19 bits per heavy atom. The lowest BCUT2D eigenvalue weighted by atomic mass is 10.1. The van der Waals surface area contributed by atoms with Crippen molar-refractivity contribution in [1.29, 1.82) is 0 Å². The van der Waals surface area contributed by atoms with Gasteiger partial charge in [-0.25, -0.2) is 8.42 Å². The predicted molar refractivity (Wildman–Crippen MR) is 148 cm³/mol. The minimum Gasteiger partial charge on any atom is -0.489 e. The average molecular weight is 608 g/mol. The van der Waals surface area contributed by atoms with E-state index in [1.807, 2.05) is 36.4 Å². The van der Waals surface area contributed by atoms with Crippen molar-refractivity contribution in [3.63, 3.8) is 0 Å². The van der Waals surface area contributed by atoms with Crippen molar-refractivity contribution in [1.82, 2.24) is 4.90 Å². The third-order valence-corrected chi connectivity index (χ3v) is 8.01. The number of carbonyl (C=O) groups excluding carboxylic acids is 1. The van der Waals surface area contributed by atoms with Gasteiger partial charge in [0.2, 0.25) is 0 Å². The molecule has 196 valence electrons. The first-order valence-corrected chi connectivity index (χ1v) is 14.9. The SMILES string of the molecule is CS(=O)(=O)c1ccc(C(=O)Nc2cccc(COc3ccc(Br)cc3CN3CCC[C@H](O)C3)c2)c(Cl)c1. The molecule has 1 fully saturated rings. The number of ether oxygens (including phenoxy) is 1. The molecule has 3 aromatic carbocycles. The molecule has 1 atom stereocenters. The zero-order valence-corrected chi connectivity index (χ0v) is 23.4. The Hall–Kier alpha value is -2.43. The summed E-state index contributed by atoms with van der Waals surface area (Å²) < 4.78 is 30.6. The zero-order valence-electron chi connectivity index (χ0n) is 20.3. The highest BCUT2D eigenvalue weighted by molar-refractivity contribution is 9.10. The number of piperidine rings is 1. The maximum Gasteiger partial charge on any atom is 0.257 e. The molecule has 10 heteroatoms. The van der Waals surface area contributed by atoms with E-state index in [0.29, 0.717) is 25.4 Å². The molecule has 0 saturated carbocycles. The molecule has 4 rings (SSSR count). The lowest BCUT2D eigenvalue weighted by molar-refractivity contribution is 0.0662. The number of likely N-dealkylation sites (tertiary alicyclic amines) is 1. The van der Waals surface area contributed by atoms with Crippen LogP contribution >= 0.6 is 27.5 Å². The topological polar surface area (TPSA) is 95.9 Å². The number of anilines is 1. The van der Waals surface area contributed by atoms with Gasteiger partial charge in [-0.05, 0) is 73.5 Å². The molecule has 1 heterocycles. The molecular formula is C27H28BrClN2O5S. The monoisotopic (exact) mass is 606 g/mol. The van der Waals surface area contributed by atoms with Crippen molar-refractivity contribution in [3.05, 3.63) is 86.8 Å². The number of nitrogens with one attached hydrogen (secondary N) is 1. The fraction of sp³-hybridized carbons (Fsp3) is 0.296. The molecule has 37 heavy (non-hydrogen) atoms. The van der Waals surface area contributed by atoms with Crippen LogP contribution in [0.4, 0.5) is 5.69 Å². The van der Waals surface area contributed by atoms with E-state index in [1.165, 1.54) is 18.2 Å². The minimum atomic E-state index is -3.42. The minimum absolute atomic E-state index is 0.0528. The number of aliphatic hydroxyl groups excluding tert-OH is 1. The number of rotatable bonds is 8. The van der Waals surface area contributed by atoms with Gasteiger partial charge in [0.25, 0.3) is 5.91 Å². The summed E-state index contributed by atoms with van der Waals surface area (Å²) in [6.07, 6.45) is 2.59. The molecule has 1 aliphatic rings. The molecule has 2 N–H and O–H groups in total. The van der Waals surface area contributed by atoms with Crippen LogP contribution in [0.3, 0.4) is 0 Å². The van der Waals surface area contributed by atoms with Crippen molar-refractivity contribution >= 4 is 49.0 Å². The molecule has 0 bridgehead atoms. The van der Waals surface area contributed by atoms with E-state index in [9.17, 15) is 18.3 Å². The second kappa shape index (κ2) is 12.0. The normalized spacial score (nSPS) is 16.4. The summed E-state index contributed by atoms with van der Waals surface area (Å²) in [5.74, 6) is 0.317. The van der Waals surface area contributed by atoms with Crippen molar-refractivity contribution in [2.75, 3.05) is 24.7 Å². The van der Waals surface area contributed by atoms with Crippen LogP contribution in [0, 0.1) is 0 Å². The molecule has 0 spiro atoms. The number of β-amino-alcohol motifs (C(OH)–C–C–N with tert-alkyl or cyclic N) is 1. The molecule has 7 nitrogen and oxygen atoms in total. The molecule has 0 unspecified atom stereocenters.